The van der Waals surface area contributed by atoms with Crippen LogP contribution in [0.4, 0.5) is 13.2 Å². The van der Waals surface area contributed by atoms with Crippen molar-refractivity contribution in [1.29, 1.82) is 0 Å². The molecule has 40 heavy (non-hydrogen) atoms. The number of nitrogens with zero attached hydrogens (tertiary/aromatic N) is 2. The maximum Gasteiger partial charge on any atom is 0.573 e. The number of pyridine rings is 1. The summed E-state index contributed by atoms with van der Waals surface area (Å²) in [4.78, 5) is 33.0. The largest absolute Gasteiger partial charge is 0.573 e. The van der Waals surface area contributed by atoms with Gasteiger partial charge in [0.25, 0.3) is 5.91 Å². The number of alkyl halides is 3. The number of aromatic nitrogens is 1. The van der Waals surface area contributed by atoms with Gasteiger partial charge >= 0.3 is 6.36 Å². The van der Waals surface area contributed by atoms with Gasteiger partial charge in [-0.05, 0) is 48.2 Å². The van der Waals surface area contributed by atoms with Gasteiger partial charge in [0, 0.05) is 25.5 Å². The van der Waals surface area contributed by atoms with Crippen LogP contribution in [0.3, 0.4) is 0 Å². The number of carbonyl (C=O) groups excluding carboxylic acids is 2. The van der Waals surface area contributed by atoms with E-state index in [2.05, 4.69) is 9.72 Å². The second kappa shape index (κ2) is 11.4. The smallest absolute Gasteiger partial charge is 0.503 e. The molecule has 208 valence electrons. The van der Waals surface area contributed by atoms with Crippen LogP contribution in [0.2, 0.25) is 0 Å². The zero-order valence-corrected chi connectivity index (χ0v) is 21.1. The monoisotopic (exact) mass is 554 g/mol. The molecule has 1 amide bonds. The maximum atomic E-state index is 14.0. The molecule has 2 aliphatic rings. The highest BCUT2D eigenvalue weighted by molar-refractivity contribution is 6.16. The molecule has 1 unspecified atom stereocenters. The summed E-state index contributed by atoms with van der Waals surface area (Å²) in [7, 11) is 0. The molecule has 2 aliphatic heterocycles. The number of halogens is 3. The van der Waals surface area contributed by atoms with Gasteiger partial charge in [0.2, 0.25) is 5.78 Å². The average Bonchev–Trinajstić information content (AvgIpc) is 3.22. The summed E-state index contributed by atoms with van der Waals surface area (Å²) in [6, 6.07) is 15.8. The lowest BCUT2D eigenvalue weighted by atomic mass is 9.92. The van der Waals surface area contributed by atoms with Crippen molar-refractivity contribution in [2.75, 3.05) is 13.2 Å². The topological polar surface area (TPSA) is 98.2 Å². The number of benzene rings is 2. The van der Waals surface area contributed by atoms with E-state index in [1.807, 2.05) is 30.3 Å². The molecule has 8 nitrogen and oxygen atoms in total. The number of hydrogen-bond donors (Lipinski definition) is 1. The predicted molar refractivity (Wildman–Crippen MR) is 136 cm³/mol. The Morgan fingerprint density at radius 3 is 2.40 bits per heavy atom. The van der Waals surface area contributed by atoms with E-state index in [4.69, 9.17) is 9.47 Å². The van der Waals surface area contributed by atoms with Gasteiger partial charge in [0.1, 0.15) is 18.1 Å². The first-order chi connectivity index (χ1) is 19.2. The fourth-order valence-electron chi connectivity index (χ4n) is 4.91. The van der Waals surface area contributed by atoms with E-state index < -0.39 is 35.6 Å². The van der Waals surface area contributed by atoms with E-state index in [0.717, 1.165) is 17.7 Å². The fourth-order valence-corrected chi connectivity index (χ4v) is 4.91. The lowest BCUT2D eigenvalue weighted by Crippen LogP contribution is -2.43. The van der Waals surface area contributed by atoms with Crippen molar-refractivity contribution in [2.45, 2.75) is 37.9 Å². The van der Waals surface area contributed by atoms with Crippen molar-refractivity contribution < 1.29 is 42.1 Å². The standard InChI is InChI=1S/C29H25F3N2O6/c30-29(31,32)40-21-10-8-19(9-11-21)25-23(27(36)28(37)34(25)20-12-15-38-16-13-20)26(35)24-22(7-4-14-33-24)39-17-18-5-2-1-3-6-18/h1-11,14,20,25,36H,12-13,15-17H2. The zero-order chi connectivity index (χ0) is 28.3. The first-order valence-corrected chi connectivity index (χ1v) is 12.6. The Morgan fingerprint density at radius 1 is 1.02 bits per heavy atom. The molecular weight excluding hydrogens is 529 g/mol. The average molecular weight is 555 g/mol. The van der Waals surface area contributed by atoms with Crippen LogP contribution < -0.4 is 9.47 Å². The Morgan fingerprint density at radius 2 is 1.73 bits per heavy atom. The van der Waals surface area contributed by atoms with Gasteiger partial charge < -0.3 is 24.2 Å². The van der Waals surface area contributed by atoms with Gasteiger partial charge in [0.15, 0.2) is 11.5 Å². The molecule has 3 heterocycles. The van der Waals surface area contributed by atoms with Crippen LogP contribution in [0.15, 0.2) is 84.3 Å². The lowest BCUT2D eigenvalue weighted by molar-refractivity contribution is -0.274. The van der Waals surface area contributed by atoms with Gasteiger partial charge in [-0.25, -0.2) is 4.98 Å². The minimum atomic E-state index is -4.88. The van der Waals surface area contributed by atoms with Crippen molar-refractivity contribution in [1.82, 2.24) is 9.88 Å². The molecule has 0 bridgehead atoms. The van der Waals surface area contributed by atoms with Crippen molar-refractivity contribution in [3.8, 4) is 11.5 Å². The Bertz CT molecular complexity index is 1400. The van der Waals surface area contributed by atoms with E-state index in [1.165, 1.54) is 23.2 Å². The molecule has 0 saturated carbocycles. The predicted octanol–water partition coefficient (Wildman–Crippen LogP) is 5.32. The molecule has 1 saturated heterocycles. The number of aliphatic hydroxyl groups excluding tert-OH is 1. The molecule has 1 N–H and O–H groups in total. The minimum absolute atomic E-state index is 0.108. The second-order valence-corrected chi connectivity index (χ2v) is 9.29. The second-order valence-electron chi connectivity index (χ2n) is 9.29. The van der Waals surface area contributed by atoms with Crippen molar-refractivity contribution in [3.05, 3.63) is 101 Å². The van der Waals surface area contributed by atoms with Crippen molar-refractivity contribution in [3.63, 3.8) is 0 Å². The first-order valence-electron chi connectivity index (χ1n) is 12.6. The molecule has 1 fully saturated rings. The number of ether oxygens (including phenoxy) is 3. The molecule has 2 aromatic carbocycles. The molecule has 0 radical (unpaired) electrons. The highest BCUT2D eigenvalue weighted by atomic mass is 19.4. The highest BCUT2D eigenvalue weighted by Gasteiger charge is 2.47. The first kappa shape index (κ1) is 27.2. The third-order valence-electron chi connectivity index (χ3n) is 6.73. The molecule has 1 aromatic heterocycles. The quantitative estimate of drug-likeness (QED) is 0.377. The molecule has 11 heteroatoms. The molecule has 0 aliphatic carbocycles. The summed E-state index contributed by atoms with van der Waals surface area (Å²) >= 11 is 0. The third-order valence-corrected chi connectivity index (χ3v) is 6.73. The number of carbonyl (C=O) groups is 2. The SMILES string of the molecule is O=C(C1=C(O)C(=O)N(C2CCOCC2)C1c1ccc(OC(F)(F)F)cc1)c1ncccc1OCc1ccccc1. The Labute approximate surface area is 227 Å². The van der Waals surface area contributed by atoms with Crippen LogP contribution in [0, 0.1) is 0 Å². The van der Waals surface area contributed by atoms with Crippen LogP contribution in [0.5, 0.6) is 11.5 Å². The van der Waals surface area contributed by atoms with Gasteiger partial charge in [-0.1, -0.05) is 42.5 Å². The summed E-state index contributed by atoms with van der Waals surface area (Å²) in [6.07, 6.45) is -2.57. The van der Waals surface area contributed by atoms with Crippen molar-refractivity contribution in [2.24, 2.45) is 0 Å². The van der Waals surface area contributed by atoms with Gasteiger partial charge in [-0.15, -0.1) is 13.2 Å². The van der Waals surface area contributed by atoms with Crippen LogP contribution in [-0.4, -0.2) is 52.3 Å². The molecule has 3 aromatic rings. The summed E-state index contributed by atoms with van der Waals surface area (Å²) in [5, 5.41) is 11.0. The molecule has 1 atom stereocenters. The van der Waals surface area contributed by atoms with Gasteiger partial charge in [0.05, 0.1) is 11.6 Å². The number of hydrogen-bond acceptors (Lipinski definition) is 7. The number of ketones is 1. The van der Waals surface area contributed by atoms with Crippen molar-refractivity contribution >= 4 is 11.7 Å². The molecular formula is C29H25F3N2O6. The number of amides is 1. The third kappa shape index (κ3) is 5.79. The molecule has 5 rings (SSSR count). The summed E-state index contributed by atoms with van der Waals surface area (Å²) in [5.74, 6) is -2.53. The Balaban J connectivity index is 1.51. The highest BCUT2D eigenvalue weighted by Crippen LogP contribution is 2.43. The number of aliphatic hydroxyl groups is 1. The van der Waals surface area contributed by atoms with E-state index in [-0.39, 0.29) is 29.7 Å². The zero-order valence-electron chi connectivity index (χ0n) is 21.1. The summed E-state index contributed by atoms with van der Waals surface area (Å²) in [6.45, 7) is 0.900. The minimum Gasteiger partial charge on any atom is -0.503 e. The van der Waals surface area contributed by atoms with E-state index in [9.17, 15) is 27.9 Å². The van der Waals surface area contributed by atoms with E-state index >= 15 is 0 Å². The summed E-state index contributed by atoms with van der Waals surface area (Å²) < 4.78 is 53.5. The van der Waals surface area contributed by atoms with Crippen LogP contribution in [-0.2, 0) is 16.1 Å². The number of Topliss-reactive ketones (excluding diaryl/α,β-unsaturated/α-hetero) is 1. The van der Waals surface area contributed by atoms with Gasteiger partial charge in [-0.3, -0.25) is 9.59 Å². The lowest BCUT2D eigenvalue weighted by Gasteiger charge is -2.36. The Hall–Kier alpha value is -4.38. The van der Waals surface area contributed by atoms with Crippen LogP contribution >= 0.6 is 0 Å². The normalized spacial score (nSPS) is 18.2. The van der Waals surface area contributed by atoms with E-state index in [1.54, 1.807) is 12.1 Å². The van der Waals surface area contributed by atoms with Crippen LogP contribution in [0.25, 0.3) is 0 Å². The van der Waals surface area contributed by atoms with Gasteiger partial charge in [-0.2, -0.15) is 0 Å². The fraction of sp³-hybridized carbons (Fsp3) is 0.276. The summed E-state index contributed by atoms with van der Waals surface area (Å²) in [5.41, 5.74) is 0.838. The number of rotatable bonds is 8. The molecule has 0 spiro atoms. The van der Waals surface area contributed by atoms with Crippen LogP contribution in [0.1, 0.15) is 40.5 Å². The van der Waals surface area contributed by atoms with E-state index in [0.29, 0.717) is 31.6 Å². The maximum absolute atomic E-state index is 14.0. The Kier molecular flexibility index (Phi) is 7.74.